The van der Waals surface area contributed by atoms with Crippen LogP contribution in [-0.2, 0) is 18.4 Å². The molecule has 0 N–H and O–H groups in total. The second-order valence-electron chi connectivity index (χ2n) is 9.13. The van der Waals surface area contributed by atoms with Crippen LogP contribution in [0.3, 0.4) is 0 Å². The Morgan fingerprint density at radius 2 is 1.69 bits per heavy atom. The summed E-state index contributed by atoms with van der Waals surface area (Å²) in [6.07, 6.45) is 12.1. The van der Waals surface area contributed by atoms with E-state index in [4.69, 9.17) is 4.98 Å². The summed E-state index contributed by atoms with van der Waals surface area (Å²) in [6, 6.07) is 18.4. The van der Waals surface area contributed by atoms with E-state index in [9.17, 15) is 0 Å². The summed E-state index contributed by atoms with van der Waals surface area (Å²) < 4.78 is 1.86. The topological polar surface area (TPSA) is 46.8 Å². The number of rotatable bonds is 4. The molecule has 0 spiro atoms. The van der Waals surface area contributed by atoms with E-state index in [-0.39, 0.29) is 5.41 Å². The number of aryl methyl sites for hydroxylation is 1. The molecule has 1 fully saturated rings. The van der Waals surface area contributed by atoms with Crippen LogP contribution in [0.15, 0.2) is 73.4 Å². The van der Waals surface area contributed by atoms with Crippen LogP contribution in [0, 0.1) is 6.92 Å². The molecule has 0 unspecified atom stereocenters. The van der Waals surface area contributed by atoms with Gasteiger partial charge in [-0.05, 0) is 55.0 Å². The zero-order valence-corrected chi connectivity index (χ0v) is 18.4. The number of imidazole rings is 1. The van der Waals surface area contributed by atoms with Gasteiger partial charge in [-0.1, -0.05) is 48.4 Å². The smallest absolute Gasteiger partial charge is 0.235 e. The Kier molecular flexibility index (Phi) is 4.56. The molecule has 2 aliphatic rings. The summed E-state index contributed by atoms with van der Waals surface area (Å²) in [5, 5.41) is 0. The van der Waals surface area contributed by atoms with Gasteiger partial charge in [-0.2, -0.15) is 0 Å². The minimum Gasteiger partial charge on any atom is -0.365 e. The lowest BCUT2D eigenvalue weighted by Crippen LogP contribution is -2.35. The third kappa shape index (κ3) is 3.20. The van der Waals surface area contributed by atoms with Crippen molar-refractivity contribution in [3.8, 4) is 5.95 Å². The Bertz CT molecular complexity index is 1220. The first-order chi connectivity index (χ1) is 15.7. The van der Waals surface area contributed by atoms with Gasteiger partial charge in [-0.3, -0.25) is 4.57 Å². The van der Waals surface area contributed by atoms with Gasteiger partial charge in [0.2, 0.25) is 5.95 Å². The molecule has 3 heterocycles. The van der Waals surface area contributed by atoms with Crippen molar-refractivity contribution in [2.75, 3.05) is 11.4 Å². The molecule has 160 valence electrons. The average Bonchev–Trinajstić information content (AvgIpc) is 3.34. The molecule has 4 aromatic rings. The van der Waals surface area contributed by atoms with E-state index in [0.29, 0.717) is 5.95 Å². The highest BCUT2D eigenvalue weighted by Gasteiger charge is 2.40. The molecule has 0 amide bonds. The van der Waals surface area contributed by atoms with Gasteiger partial charge in [0.25, 0.3) is 0 Å². The largest absolute Gasteiger partial charge is 0.365 e. The number of benzene rings is 2. The average molecular weight is 422 g/mol. The molecule has 0 radical (unpaired) electrons. The third-order valence-corrected chi connectivity index (χ3v) is 7.26. The molecule has 6 rings (SSSR count). The van der Waals surface area contributed by atoms with Crippen molar-refractivity contribution in [2.45, 2.75) is 44.6 Å². The normalized spacial score (nSPS) is 17.0. The van der Waals surface area contributed by atoms with E-state index in [1.165, 1.54) is 47.2 Å². The molecule has 1 aliphatic carbocycles. The molecule has 5 heteroatoms. The second kappa shape index (κ2) is 7.59. The van der Waals surface area contributed by atoms with Crippen LogP contribution in [0.2, 0.25) is 0 Å². The molecular formula is C27H27N5. The zero-order valence-electron chi connectivity index (χ0n) is 18.4. The minimum atomic E-state index is 0.188. The van der Waals surface area contributed by atoms with Crippen LogP contribution in [-0.4, -0.2) is 26.1 Å². The van der Waals surface area contributed by atoms with Crippen LogP contribution in [0.1, 0.15) is 47.2 Å². The maximum absolute atomic E-state index is 4.83. The highest BCUT2D eigenvalue weighted by molar-refractivity contribution is 5.53. The fourth-order valence-electron chi connectivity index (χ4n) is 5.15. The minimum absolute atomic E-state index is 0.188. The van der Waals surface area contributed by atoms with Gasteiger partial charge in [-0.15, -0.1) is 0 Å². The molecular weight excluding hydrogens is 394 g/mol. The van der Waals surface area contributed by atoms with Gasteiger partial charge in [-0.25, -0.2) is 15.0 Å². The third-order valence-electron chi connectivity index (χ3n) is 7.26. The van der Waals surface area contributed by atoms with Crippen LogP contribution < -0.4 is 4.90 Å². The summed E-state index contributed by atoms with van der Waals surface area (Å²) in [7, 11) is 0. The Labute approximate surface area is 188 Å². The molecule has 32 heavy (non-hydrogen) atoms. The summed E-state index contributed by atoms with van der Waals surface area (Å²) in [5.74, 6) is 0.684. The van der Waals surface area contributed by atoms with E-state index in [1.54, 1.807) is 12.5 Å². The highest BCUT2D eigenvalue weighted by atomic mass is 15.2. The molecule has 0 atom stereocenters. The fraction of sp³-hybridized carbons (Fsp3) is 0.296. The van der Waals surface area contributed by atoms with Crippen molar-refractivity contribution in [3.63, 3.8) is 0 Å². The molecule has 0 saturated heterocycles. The number of hydrogen-bond acceptors (Lipinski definition) is 4. The molecule has 1 aliphatic heterocycles. The Balaban J connectivity index is 1.25. The summed E-state index contributed by atoms with van der Waals surface area (Å²) >= 11 is 0. The molecule has 5 nitrogen and oxygen atoms in total. The Morgan fingerprint density at radius 3 is 2.34 bits per heavy atom. The van der Waals surface area contributed by atoms with Crippen molar-refractivity contribution in [2.24, 2.45) is 0 Å². The SMILES string of the molecule is Cc1ccc(C2(c3ccc(N4CCc5cnc(-n6ccnc6)nc5C4)cc3)CCC2)cc1. The van der Waals surface area contributed by atoms with Crippen LogP contribution in [0.4, 0.5) is 5.69 Å². The lowest BCUT2D eigenvalue weighted by molar-refractivity contribution is 0.301. The zero-order chi connectivity index (χ0) is 21.5. The molecule has 1 saturated carbocycles. The maximum Gasteiger partial charge on any atom is 0.235 e. The van der Waals surface area contributed by atoms with Gasteiger partial charge in [0, 0.05) is 36.2 Å². The van der Waals surface area contributed by atoms with Gasteiger partial charge >= 0.3 is 0 Å². The van der Waals surface area contributed by atoms with Crippen molar-refractivity contribution in [1.29, 1.82) is 0 Å². The predicted molar refractivity (Wildman–Crippen MR) is 126 cm³/mol. The van der Waals surface area contributed by atoms with Gasteiger partial charge in [0.15, 0.2) is 0 Å². The van der Waals surface area contributed by atoms with Crippen LogP contribution >= 0.6 is 0 Å². The maximum atomic E-state index is 4.83. The summed E-state index contributed by atoms with van der Waals surface area (Å²) in [4.78, 5) is 15.9. The van der Waals surface area contributed by atoms with Crippen LogP contribution in [0.5, 0.6) is 0 Å². The quantitative estimate of drug-likeness (QED) is 0.465. The van der Waals surface area contributed by atoms with E-state index < -0.39 is 0 Å². The standard InChI is InChI=1S/C27H27N5/c1-20-3-5-22(6-4-20)27(12-2-13-27)23-7-9-24(10-8-23)31-15-11-21-17-29-26(30-25(21)18-31)32-16-14-28-19-32/h3-10,14,16-17,19H,2,11-13,15,18H2,1H3. The van der Waals surface area contributed by atoms with E-state index in [2.05, 4.69) is 70.3 Å². The first-order valence-corrected chi connectivity index (χ1v) is 11.5. The highest BCUT2D eigenvalue weighted by Crippen LogP contribution is 2.49. The summed E-state index contributed by atoms with van der Waals surface area (Å²) in [5.41, 5.74) is 8.03. The van der Waals surface area contributed by atoms with Crippen molar-refractivity contribution in [1.82, 2.24) is 19.5 Å². The van der Waals surface area contributed by atoms with Crippen molar-refractivity contribution < 1.29 is 0 Å². The second-order valence-corrected chi connectivity index (χ2v) is 9.13. The lowest BCUT2D eigenvalue weighted by Gasteiger charge is -2.43. The number of aromatic nitrogens is 4. The number of fused-ring (bicyclic) bond motifs is 1. The number of anilines is 1. The molecule has 0 bridgehead atoms. The van der Waals surface area contributed by atoms with E-state index >= 15 is 0 Å². The monoisotopic (exact) mass is 421 g/mol. The van der Waals surface area contributed by atoms with Gasteiger partial charge in [0.1, 0.15) is 6.33 Å². The number of hydrogen-bond donors (Lipinski definition) is 0. The first-order valence-electron chi connectivity index (χ1n) is 11.5. The fourth-order valence-corrected chi connectivity index (χ4v) is 5.15. The first kappa shape index (κ1) is 19.2. The van der Waals surface area contributed by atoms with E-state index in [0.717, 1.165) is 25.2 Å². The van der Waals surface area contributed by atoms with E-state index in [1.807, 2.05) is 17.0 Å². The molecule has 2 aromatic carbocycles. The predicted octanol–water partition coefficient (Wildman–Crippen LogP) is 5.00. The van der Waals surface area contributed by atoms with Crippen LogP contribution in [0.25, 0.3) is 5.95 Å². The lowest BCUT2D eigenvalue weighted by atomic mass is 9.60. The van der Waals surface area contributed by atoms with Gasteiger partial charge < -0.3 is 4.90 Å². The van der Waals surface area contributed by atoms with Gasteiger partial charge in [0.05, 0.1) is 12.2 Å². The molecule has 2 aromatic heterocycles. The Hall–Kier alpha value is -3.47. The number of nitrogens with zero attached hydrogens (tertiary/aromatic N) is 5. The Morgan fingerprint density at radius 1 is 0.938 bits per heavy atom. The summed E-state index contributed by atoms with van der Waals surface area (Å²) in [6.45, 7) is 3.96. The van der Waals surface area contributed by atoms with Crippen molar-refractivity contribution >= 4 is 5.69 Å². The van der Waals surface area contributed by atoms with Crippen molar-refractivity contribution in [3.05, 3.63) is 101 Å².